The molecule has 1 unspecified atom stereocenters. The fourth-order valence-corrected chi connectivity index (χ4v) is 3.45. The SMILES string of the molecule is O=C(CCN1C(=O)c2ccncc2C1=O)N1CCOC(c2ccccc2)C1. The third-order valence-electron chi connectivity index (χ3n) is 4.91. The Kier molecular flexibility index (Phi) is 4.68. The Bertz CT molecular complexity index is 849. The number of rotatable bonds is 4. The molecular formula is C20H19N3O4. The highest BCUT2D eigenvalue weighted by atomic mass is 16.5. The number of carbonyl (C=O) groups is 3. The fraction of sp³-hybridized carbons (Fsp3) is 0.300. The molecule has 0 spiro atoms. The number of hydrogen-bond donors (Lipinski definition) is 0. The summed E-state index contributed by atoms with van der Waals surface area (Å²) in [5, 5.41) is 0. The molecule has 1 aromatic heterocycles. The molecule has 2 aliphatic heterocycles. The van der Waals surface area contributed by atoms with Gasteiger partial charge in [0.2, 0.25) is 5.91 Å². The third kappa shape index (κ3) is 3.33. The van der Waals surface area contributed by atoms with E-state index in [1.54, 1.807) is 4.90 Å². The minimum absolute atomic E-state index is 0.0680. The average Bonchev–Trinajstić information content (AvgIpc) is 2.97. The number of imide groups is 1. The van der Waals surface area contributed by atoms with Crippen LogP contribution in [0.3, 0.4) is 0 Å². The number of amides is 3. The summed E-state index contributed by atoms with van der Waals surface area (Å²) < 4.78 is 5.78. The zero-order valence-electron chi connectivity index (χ0n) is 14.7. The largest absolute Gasteiger partial charge is 0.370 e. The van der Waals surface area contributed by atoms with Crippen LogP contribution in [-0.2, 0) is 9.53 Å². The van der Waals surface area contributed by atoms with E-state index in [1.165, 1.54) is 18.5 Å². The van der Waals surface area contributed by atoms with E-state index < -0.39 is 0 Å². The second-order valence-electron chi connectivity index (χ2n) is 6.54. The monoisotopic (exact) mass is 365 g/mol. The van der Waals surface area contributed by atoms with Crippen molar-refractivity contribution in [2.75, 3.05) is 26.2 Å². The smallest absolute Gasteiger partial charge is 0.263 e. The highest BCUT2D eigenvalue weighted by molar-refractivity contribution is 6.21. The second-order valence-corrected chi connectivity index (χ2v) is 6.54. The summed E-state index contributed by atoms with van der Waals surface area (Å²) in [6.07, 6.45) is 2.81. The van der Waals surface area contributed by atoms with E-state index in [-0.39, 0.29) is 36.8 Å². The molecule has 7 heteroatoms. The first kappa shape index (κ1) is 17.4. The molecule has 0 aliphatic carbocycles. The Labute approximate surface area is 156 Å². The number of hydrogen-bond acceptors (Lipinski definition) is 5. The van der Waals surface area contributed by atoms with Crippen LogP contribution >= 0.6 is 0 Å². The zero-order valence-corrected chi connectivity index (χ0v) is 14.7. The van der Waals surface area contributed by atoms with Crippen LogP contribution in [0.5, 0.6) is 0 Å². The van der Waals surface area contributed by atoms with Gasteiger partial charge in [0, 0.05) is 31.9 Å². The quantitative estimate of drug-likeness (QED) is 0.770. The van der Waals surface area contributed by atoms with Gasteiger partial charge in [-0.1, -0.05) is 30.3 Å². The topological polar surface area (TPSA) is 79.8 Å². The number of nitrogens with zero attached hydrogens (tertiary/aromatic N) is 3. The molecule has 3 amide bonds. The molecule has 1 saturated heterocycles. The molecule has 4 rings (SSSR count). The van der Waals surface area contributed by atoms with Gasteiger partial charge >= 0.3 is 0 Å². The van der Waals surface area contributed by atoms with E-state index in [4.69, 9.17) is 4.74 Å². The van der Waals surface area contributed by atoms with Crippen LogP contribution in [-0.4, -0.2) is 58.7 Å². The Morgan fingerprint density at radius 2 is 1.89 bits per heavy atom. The second kappa shape index (κ2) is 7.28. The van der Waals surface area contributed by atoms with Gasteiger partial charge in [0.15, 0.2) is 0 Å². The maximum absolute atomic E-state index is 12.6. The van der Waals surface area contributed by atoms with Crippen LogP contribution in [0, 0.1) is 0 Å². The van der Waals surface area contributed by atoms with Gasteiger partial charge in [-0.05, 0) is 11.6 Å². The fourth-order valence-electron chi connectivity index (χ4n) is 3.45. The van der Waals surface area contributed by atoms with Gasteiger partial charge in [-0.2, -0.15) is 0 Å². The Morgan fingerprint density at radius 1 is 1.11 bits per heavy atom. The number of aromatic nitrogens is 1. The number of fused-ring (bicyclic) bond motifs is 1. The lowest BCUT2D eigenvalue weighted by molar-refractivity contribution is -0.139. The summed E-state index contributed by atoms with van der Waals surface area (Å²) in [5.41, 5.74) is 1.67. The lowest BCUT2D eigenvalue weighted by atomic mass is 10.1. The molecule has 2 aromatic rings. The molecule has 27 heavy (non-hydrogen) atoms. The van der Waals surface area contributed by atoms with Crippen LogP contribution in [0.4, 0.5) is 0 Å². The maximum Gasteiger partial charge on any atom is 0.263 e. The molecule has 0 N–H and O–H groups in total. The van der Waals surface area contributed by atoms with Crippen molar-refractivity contribution in [1.29, 1.82) is 0 Å². The number of morpholine rings is 1. The molecule has 0 radical (unpaired) electrons. The van der Waals surface area contributed by atoms with Gasteiger partial charge in [0.05, 0.1) is 24.3 Å². The van der Waals surface area contributed by atoms with Crippen molar-refractivity contribution >= 4 is 17.7 Å². The molecule has 7 nitrogen and oxygen atoms in total. The minimum atomic E-state index is -0.389. The Hall–Kier alpha value is -3.06. The summed E-state index contributed by atoms with van der Waals surface area (Å²) in [4.78, 5) is 44.1. The van der Waals surface area contributed by atoms with Crippen molar-refractivity contribution in [3.63, 3.8) is 0 Å². The summed E-state index contributed by atoms with van der Waals surface area (Å²) in [6, 6.07) is 11.3. The summed E-state index contributed by atoms with van der Waals surface area (Å²) in [6.45, 7) is 1.51. The van der Waals surface area contributed by atoms with Gasteiger partial charge < -0.3 is 9.64 Å². The third-order valence-corrected chi connectivity index (χ3v) is 4.91. The molecule has 138 valence electrons. The van der Waals surface area contributed by atoms with Crippen molar-refractivity contribution in [3.05, 3.63) is 65.5 Å². The van der Waals surface area contributed by atoms with Gasteiger partial charge in [-0.15, -0.1) is 0 Å². The molecule has 1 aromatic carbocycles. The van der Waals surface area contributed by atoms with E-state index in [2.05, 4.69) is 4.98 Å². The lowest BCUT2D eigenvalue weighted by Crippen LogP contribution is -2.43. The van der Waals surface area contributed by atoms with E-state index in [9.17, 15) is 14.4 Å². The first-order chi connectivity index (χ1) is 13.1. The van der Waals surface area contributed by atoms with Crippen LogP contribution in [0.15, 0.2) is 48.8 Å². The van der Waals surface area contributed by atoms with E-state index in [0.717, 1.165) is 10.5 Å². The summed E-state index contributed by atoms with van der Waals surface area (Å²) >= 11 is 0. The van der Waals surface area contributed by atoms with E-state index in [0.29, 0.717) is 30.8 Å². The molecule has 0 saturated carbocycles. The van der Waals surface area contributed by atoms with Crippen molar-refractivity contribution in [2.24, 2.45) is 0 Å². The molecule has 0 bridgehead atoms. The highest BCUT2D eigenvalue weighted by Crippen LogP contribution is 2.24. The number of benzene rings is 1. The number of ether oxygens (including phenoxy) is 1. The van der Waals surface area contributed by atoms with Crippen molar-refractivity contribution in [2.45, 2.75) is 12.5 Å². The highest BCUT2D eigenvalue weighted by Gasteiger charge is 2.36. The minimum Gasteiger partial charge on any atom is -0.370 e. The first-order valence-electron chi connectivity index (χ1n) is 8.89. The molecule has 1 atom stereocenters. The summed E-state index contributed by atoms with van der Waals surface area (Å²) in [5.74, 6) is -0.844. The number of carbonyl (C=O) groups excluding carboxylic acids is 3. The van der Waals surface area contributed by atoms with Gasteiger partial charge in [-0.25, -0.2) is 0 Å². The summed E-state index contributed by atoms with van der Waals surface area (Å²) in [7, 11) is 0. The van der Waals surface area contributed by atoms with Crippen LogP contribution in [0.1, 0.15) is 38.8 Å². The van der Waals surface area contributed by atoms with Crippen molar-refractivity contribution < 1.29 is 19.1 Å². The van der Waals surface area contributed by atoms with E-state index in [1.807, 2.05) is 30.3 Å². The van der Waals surface area contributed by atoms with Gasteiger partial charge in [0.25, 0.3) is 11.8 Å². The molecular weight excluding hydrogens is 346 g/mol. The van der Waals surface area contributed by atoms with Crippen molar-refractivity contribution in [1.82, 2.24) is 14.8 Å². The number of pyridine rings is 1. The molecule has 3 heterocycles. The average molecular weight is 365 g/mol. The predicted molar refractivity (Wildman–Crippen MR) is 95.9 cm³/mol. The van der Waals surface area contributed by atoms with Crippen molar-refractivity contribution in [3.8, 4) is 0 Å². The maximum atomic E-state index is 12.6. The standard InChI is InChI=1S/C20H19N3O4/c24-18(22-10-11-27-17(13-22)14-4-2-1-3-5-14)7-9-23-19(25)15-6-8-21-12-16(15)20(23)26/h1-6,8,12,17H,7,9-11,13H2. The van der Waals surface area contributed by atoms with Crippen LogP contribution in [0.25, 0.3) is 0 Å². The molecule has 2 aliphatic rings. The lowest BCUT2D eigenvalue weighted by Gasteiger charge is -2.33. The zero-order chi connectivity index (χ0) is 18.8. The van der Waals surface area contributed by atoms with Gasteiger partial charge in [0.1, 0.15) is 6.10 Å². The Morgan fingerprint density at radius 3 is 2.67 bits per heavy atom. The Balaban J connectivity index is 1.37. The van der Waals surface area contributed by atoms with E-state index >= 15 is 0 Å². The van der Waals surface area contributed by atoms with Gasteiger partial charge in [-0.3, -0.25) is 24.3 Å². The predicted octanol–water partition coefficient (Wildman–Crippen LogP) is 1.67. The van der Waals surface area contributed by atoms with Crippen LogP contribution < -0.4 is 0 Å². The first-order valence-corrected chi connectivity index (χ1v) is 8.89. The molecule has 1 fully saturated rings. The normalized spacial score (nSPS) is 19.3. The van der Waals surface area contributed by atoms with Crippen LogP contribution in [0.2, 0.25) is 0 Å².